The Morgan fingerprint density at radius 2 is 1.56 bits per heavy atom. The number of rotatable bonds is 9. The number of carbonyl (C=O) groups is 4. The van der Waals surface area contributed by atoms with E-state index in [1.54, 1.807) is 32.2 Å². The molecule has 4 amide bonds. The first-order chi connectivity index (χ1) is 30.3. The van der Waals surface area contributed by atoms with Crippen molar-refractivity contribution in [1.82, 2.24) is 9.78 Å². The number of imide groups is 2. The summed E-state index contributed by atoms with van der Waals surface area (Å²) in [5, 5.41) is 41.6. The summed E-state index contributed by atoms with van der Waals surface area (Å²) in [4.78, 5) is 86.8. The molecule has 2 saturated heterocycles. The monoisotopic (exact) mass is 909 g/mol. The number of carbonyl (C=O) groups excluding carboxylic acids is 4. The Kier molecular flexibility index (Phi) is 9.86. The largest absolute Gasteiger partial charge is 0.508 e. The molecule has 330 valence electrons. The molecule has 2 aliphatic heterocycles. The van der Waals surface area contributed by atoms with Crippen molar-refractivity contribution in [3.63, 3.8) is 0 Å². The highest BCUT2D eigenvalue weighted by Crippen LogP contribution is 2.66. The van der Waals surface area contributed by atoms with Crippen LogP contribution < -0.4 is 24.2 Å². The summed E-state index contributed by atoms with van der Waals surface area (Å²) in [6.07, 6.45) is 1.73. The van der Waals surface area contributed by atoms with Gasteiger partial charge in [-0.05, 0) is 61.8 Å². The number of hydrogen-bond acceptors (Lipinski definition) is 14. The maximum atomic E-state index is 15.4. The lowest BCUT2D eigenvalue weighted by Gasteiger charge is -2.49. The Morgan fingerprint density at radius 3 is 2.16 bits per heavy atom. The van der Waals surface area contributed by atoms with Crippen LogP contribution >= 0.6 is 22.9 Å². The number of aromatic hydroxyl groups is 1. The van der Waals surface area contributed by atoms with Crippen LogP contribution in [0, 0.1) is 56.2 Å². The first-order valence-corrected chi connectivity index (χ1v) is 21.3. The van der Waals surface area contributed by atoms with Crippen LogP contribution in [-0.2, 0) is 26.2 Å². The number of nitro benzene ring substituents is 2. The van der Waals surface area contributed by atoms with E-state index in [1.807, 2.05) is 19.1 Å². The molecule has 3 fully saturated rings. The van der Waals surface area contributed by atoms with E-state index in [0.29, 0.717) is 21.9 Å². The molecule has 18 nitrogen and oxygen atoms in total. The molecule has 64 heavy (non-hydrogen) atoms. The van der Waals surface area contributed by atoms with Crippen molar-refractivity contribution in [2.75, 3.05) is 43.0 Å². The third-order valence-corrected chi connectivity index (χ3v) is 15.0. The first-order valence-electron chi connectivity index (χ1n) is 20.1. The van der Waals surface area contributed by atoms with Gasteiger partial charge in [0.15, 0.2) is 5.69 Å². The average molecular weight is 910 g/mol. The predicted molar refractivity (Wildman–Crippen MR) is 236 cm³/mol. The van der Waals surface area contributed by atoms with Crippen molar-refractivity contribution in [1.29, 1.82) is 0 Å². The third kappa shape index (κ3) is 5.93. The number of phenols is 1. The number of phenolic OH excluding ortho intramolecular Hbond substituents is 1. The molecule has 2 aliphatic carbocycles. The van der Waals surface area contributed by atoms with Gasteiger partial charge < -0.3 is 19.5 Å². The number of thiophene rings is 1. The molecule has 1 saturated carbocycles. The van der Waals surface area contributed by atoms with Crippen molar-refractivity contribution in [3.05, 3.63) is 96.6 Å². The zero-order valence-corrected chi connectivity index (χ0v) is 37.0. The SMILES string of the molecule is COc1cc(O)cc(OC)c1C1C2=CCC3C(=O)N(c4cc([N+](=O)[O-])c(N(C)C)c([N+](=O)[O-])c4)C(=O)C3C2CC2C(=O)N(c3cc(-c4sc5ccc(Cl)cc5c4C)nn3C)C(=O)C21C. The number of methoxy groups -OCH3 is 2. The number of allylic oxidation sites excluding steroid dienone is 2. The number of halogens is 1. The molecule has 0 radical (unpaired) electrons. The molecule has 4 heterocycles. The molecule has 3 aromatic carbocycles. The molecule has 2 aromatic heterocycles. The number of nitrogens with zero attached hydrogens (tertiary/aromatic N) is 7. The zero-order chi connectivity index (χ0) is 46.0. The predicted octanol–water partition coefficient (Wildman–Crippen LogP) is 7.30. The van der Waals surface area contributed by atoms with E-state index in [9.17, 15) is 34.9 Å². The Morgan fingerprint density at radius 1 is 0.922 bits per heavy atom. The van der Waals surface area contributed by atoms with Crippen molar-refractivity contribution in [2.24, 2.45) is 36.1 Å². The Labute approximate surface area is 373 Å². The molecule has 6 atom stereocenters. The molecule has 1 N–H and O–H groups in total. The number of benzene rings is 3. The van der Waals surface area contributed by atoms with Gasteiger partial charge in [0.25, 0.3) is 0 Å². The third-order valence-electron chi connectivity index (χ3n) is 13.5. The summed E-state index contributed by atoms with van der Waals surface area (Å²) in [6, 6.07) is 12.0. The van der Waals surface area contributed by atoms with Gasteiger partial charge in [-0.15, -0.1) is 11.3 Å². The summed E-state index contributed by atoms with van der Waals surface area (Å²) in [5.74, 6) is -7.43. The van der Waals surface area contributed by atoms with Gasteiger partial charge in [0, 0.05) is 72.7 Å². The smallest absolute Gasteiger partial charge is 0.301 e. The number of ether oxygens (including phenoxy) is 2. The second-order valence-corrected chi connectivity index (χ2v) is 18.4. The van der Waals surface area contributed by atoms with E-state index < -0.39 is 79.9 Å². The fourth-order valence-corrected chi connectivity index (χ4v) is 12.0. The van der Waals surface area contributed by atoms with E-state index >= 15 is 9.59 Å². The fourth-order valence-electron chi connectivity index (χ4n) is 10.7. The van der Waals surface area contributed by atoms with E-state index in [2.05, 4.69) is 0 Å². The zero-order valence-electron chi connectivity index (χ0n) is 35.4. The molecule has 5 aromatic rings. The highest BCUT2D eigenvalue weighted by Gasteiger charge is 2.69. The van der Waals surface area contributed by atoms with E-state index in [1.165, 1.54) is 61.4 Å². The van der Waals surface area contributed by atoms with Crippen LogP contribution in [-0.4, -0.2) is 76.7 Å². The average Bonchev–Trinajstić information content (AvgIpc) is 3.92. The Balaban J connectivity index is 1.19. The molecule has 0 bridgehead atoms. The van der Waals surface area contributed by atoms with Crippen molar-refractivity contribution in [3.8, 4) is 27.8 Å². The summed E-state index contributed by atoms with van der Waals surface area (Å²) in [7, 11) is 7.21. The lowest BCUT2D eigenvalue weighted by Crippen LogP contribution is -2.49. The molecular formula is C44H40ClN7O11S. The van der Waals surface area contributed by atoms with Gasteiger partial charge in [0.1, 0.15) is 28.8 Å². The topological polar surface area (TPSA) is 221 Å². The minimum absolute atomic E-state index is 0.00578. The van der Waals surface area contributed by atoms with Crippen LogP contribution in [0.5, 0.6) is 17.2 Å². The van der Waals surface area contributed by atoms with Crippen LogP contribution in [0.25, 0.3) is 20.7 Å². The normalized spacial score (nSPS) is 23.9. The lowest BCUT2D eigenvalue weighted by atomic mass is 9.51. The molecule has 9 rings (SSSR count). The number of aromatic nitrogens is 2. The number of hydrogen-bond donors (Lipinski definition) is 1. The van der Waals surface area contributed by atoms with Gasteiger partial charge >= 0.3 is 11.4 Å². The second-order valence-electron chi connectivity index (χ2n) is 16.9. The van der Waals surface area contributed by atoms with Crippen LogP contribution in [0.1, 0.15) is 36.8 Å². The molecule has 4 aliphatic rings. The van der Waals surface area contributed by atoms with Gasteiger partial charge in [0.2, 0.25) is 23.6 Å². The van der Waals surface area contributed by atoms with Crippen molar-refractivity contribution < 1.29 is 43.6 Å². The van der Waals surface area contributed by atoms with Crippen molar-refractivity contribution in [2.45, 2.75) is 32.6 Å². The van der Waals surface area contributed by atoms with Crippen molar-refractivity contribution >= 4 is 85.2 Å². The quantitative estimate of drug-likeness (QED) is 0.0665. The number of fused-ring (bicyclic) bond motifs is 5. The van der Waals surface area contributed by atoms with Gasteiger partial charge in [-0.25, -0.2) is 9.80 Å². The van der Waals surface area contributed by atoms with E-state index in [0.717, 1.165) is 42.5 Å². The highest BCUT2D eigenvalue weighted by molar-refractivity contribution is 7.22. The molecular weight excluding hydrogens is 870 g/mol. The second kappa shape index (κ2) is 14.9. The van der Waals surface area contributed by atoms with E-state index in [-0.39, 0.29) is 47.3 Å². The number of aryl methyl sites for hydroxylation is 2. The molecule has 20 heteroatoms. The Hall–Kier alpha value is -6.86. The Bertz CT molecular complexity index is 2920. The van der Waals surface area contributed by atoms with Gasteiger partial charge in [-0.3, -0.25) is 44.1 Å². The van der Waals surface area contributed by atoms with Crippen LogP contribution in [0.15, 0.2) is 60.2 Å². The summed E-state index contributed by atoms with van der Waals surface area (Å²) >= 11 is 7.82. The number of amides is 4. The minimum Gasteiger partial charge on any atom is -0.508 e. The summed E-state index contributed by atoms with van der Waals surface area (Å²) in [5.41, 5.74) is -1.23. The first kappa shape index (κ1) is 42.4. The maximum absolute atomic E-state index is 15.4. The number of nitro groups is 2. The maximum Gasteiger partial charge on any atom is 0.301 e. The lowest BCUT2D eigenvalue weighted by molar-refractivity contribution is -0.392. The standard InChI is InChI=1S/C44H40ClN7O11S/c1-19-25-12-20(45)8-11-33(25)64-39(19)28-18-34(48(5)46-28)50-41(55)27-17-26-23(37(44(27,2)43(50)57)36-31(62-6)15-22(53)16-32(36)63-7)9-10-24-35(26)42(56)49(40(24)54)21-13-29(51(58)59)38(47(3)4)30(14-21)52(60)61/h8-9,11-16,18,24,26-27,35,37,53H,10,17H2,1-7H3. The number of anilines is 3. The van der Waals surface area contributed by atoms with Crippen LogP contribution in [0.4, 0.5) is 28.6 Å². The van der Waals surface area contributed by atoms with Gasteiger partial charge in [-0.1, -0.05) is 23.3 Å². The fraction of sp³-hybridized carbons (Fsp3) is 0.341. The molecule has 0 spiro atoms. The van der Waals surface area contributed by atoms with Crippen LogP contribution in [0.3, 0.4) is 0 Å². The summed E-state index contributed by atoms with van der Waals surface area (Å²) < 4.78 is 14.1. The highest BCUT2D eigenvalue weighted by atomic mass is 35.5. The molecule has 6 unspecified atom stereocenters. The summed E-state index contributed by atoms with van der Waals surface area (Å²) in [6.45, 7) is 3.64. The van der Waals surface area contributed by atoms with E-state index in [4.69, 9.17) is 26.2 Å². The minimum atomic E-state index is -1.56. The van der Waals surface area contributed by atoms with Gasteiger partial charge in [-0.2, -0.15) is 5.10 Å². The van der Waals surface area contributed by atoms with Gasteiger partial charge in [0.05, 0.1) is 57.8 Å². The van der Waals surface area contributed by atoms with Crippen LogP contribution in [0.2, 0.25) is 5.02 Å².